The highest BCUT2D eigenvalue weighted by molar-refractivity contribution is 7.98. The van der Waals surface area contributed by atoms with E-state index in [1.165, 1.54) is 23.3 Å². The lowest BCUT2D eigenvalue weighted by atomic mass is 9.87. The lowest BCUT2D eigenvalue weighted by Gasteiger charge is -2.19. The molecule has 0 N–H and O–H groups in total. The lowest BCUT2D eigenvalue weighted by Crippen LogP contribution is -2.10. The van der Waals surface area contributed by atoms with E-state index in [0.717, 1.165) is 17.9 Å². The van der Waals surface area contributed by atoms with E-state index in [-0.39, 0.29) is 11.1 Å². The third-order valence-electron chi connectivity index (χ3n) is 4.56. The number of nitro benzene ring substituents is 1. The number of nitrogens with zero attached hydrogens (tertiary/aromatic N) is 3. The Bertz CT molecular complexity index is 1010. The van der Waals surface area contributed by atoms with Crippen molar-refractivity contribution in [3.05, 3.63) is 81.5 Å². The number of nitro groups is 1. The molecule has 2 aromatic carbocycles. The number of aryl methyl sites for hydroxylation is 1. The molecule has 0 spiro atoms. The van der Waals surface area contributed by atoms with Crippen molar-refractivity contribution >= 4 is 17.4 Å². The maximum atomic E-state index is 10.8. The van der Waals surface area contributed by atoms with Crippen molar-refractivity contribution in [1.82, 2.24) is 9.97 Å². The molecule has 3 aromatic rings. The Labute approximate surface area is 180 Å². The zero-order chi connectivity index (χ0) is 21.7. The first kappa shape index (κ1) is 21.8. The highest BCUT2D eigenvalue weighted by atomic mass is 32.2. The van der Waals surface area contributed by atoms with E-state index in [1.807, 2.05) is 6.92 Å². The highest BCUT2D eigenvalue weighted by Crippen LogP contribution is 2.28. The molecular weight excluding hydrogens is 398 g/mol. The average molecular weight is 424 g/mol. The van der Waals surface area contributed by atoms with E-state index < -0.39 is 4.92 Å². The van der Waals surface area contributed by atoms with Crippen LogP contribution in [0, 0.1) is 10.1 Å². The van der Waals surface area contributed by atoms with Gasteiger partial charge in [0.2, 0.25) is 5.88 Å². The van der Waals surface area contributed by atoms with Crippen molar-refractivity contribution < 1.29 is 9.66 Å². The van der Waals surface area contributed by atoms with Gasteiger partial charge in [-0.05, 0) is 35.1 Å². The Morgan fingerprint density at radius 1 is 1.03 bits per heavy atom. The highest BCUT2D eigenvalue weighted by Gasteiger charge is 2.13. The monoisotopic (exact) mass is 423 g/mol. The van der Waals surface area contributed by atoms with Gasteiger partial charge < -0.3 is 4.74 Å². The van der Waals surface area contributed by atoms with Crippen molar-refractivity contribution in [2.45, 2.75) is 50.4 Å². The molecule has 0 fully saturated rings. The van der Waals surface area contributed by atoms with Crippen molar-refractivity contribution in [2.75, 3.05) is 0 Å². The van der Waals surface area contributed by atoms with Gasteiger partial charge in [-0.2, -0.15) is 4.98 Å². The Morgan fingerprint density at radius 3 is 2.27 bits per heavy atom. The summed E-state index contributed by atoms with van der Waals surface area (Å²) in [7, 11) is 0. The normalized spacial score (nSPS) is 11.3. The number of thioether (sulfide) groups is 1. The van der Waals surface area contributed by atoms with Crippen LogP contribution in [-0.4, -0.2) is 14.9 Å². The molecule has 7 heteroatoms. The Hall–Kier alpha value is -2.93. The van der Waals surface area contributed by atoms with Crippen molar-refractivity contribution in [3.8, 4) is 11.6 Å². The fraction of sp³-hybridized carbons (Fsp3) is 0.304. The molecule has 6 nitrogen and oxygen atoms in total. The third-order valence-corrected chi connectivity index (χ3v) is 5.47. The van der Waals surface area contributed by atoms with Gasteiger partial charge in [0, 0.05) is 29.6 Å². The Kier molecular flexibility index (Phi) is 6.72. The molecule has 3 rings (SSSR count). The zero-order valence-corrected chi connectivity index (χ0v) is 18.4. The molecule has 0 aliphatic heterocycles. The van der Waals surface area contributed by atoms with Crippen molar-refractivity contribution in [3.63, 3.8) is 0 Å². The largest absolute Gasteiger partial charge is 0.439 e. The first-order valence-electron chi connectivity index (χ1n) is 9.77. The van der Waals surface area contributed by atoms with Crippen LogP contribution in [0.1, 0.15) is 44.5 Å². The number of hydrogen-bond acceptors (Lipinski definition) is 6. The van der Waals surface area contributed by atoms with Crippen LogP contribution in [0.5, 0.6) is 11.6 Å². The van der Waals surface area contributed by atoms with Crippen LogP contribution in [0.25, 0.3) is 0 Å². The van der Waals surface area contributed by atoms with E-state index in [1.54, 1.807) is 30.0 Å². The number of benzene rings is 2. The molecule has 0 atom stereocenters. The number of rotatable bonds is 7. The molecule has 0 saturated carbocycles. The molecule has 1 heterocycles. The van der Waals surface area contributed by atoms with Crippen LogP contribution < -0.4 is 4.74 Å². The molecule has 0 unspecified atom stereocenters. The molecule has 0 radical (unpaired) electrons. The lowest BCUT2D eigenvalue weighted by molar-refractivity contribution is -0.384. The molecule has 0 aliphatic rings. The van der Waals surface area contributed by atoms with Gasteiger partial charge in [-0.1, -0.05) is 63.7 Å². The van der Waals surface area contributed by atoms with Gasteiger partial charge >= 0.3 is 0 Å². The van der Waals surface area contributed by atoms with E-state index in [0.29, 0.717) is 16.8 Å². The fourth-order valence-corrected chi connectivity index (χ4v) is 3.58. The van der Waals surface area contributed by atoms with Gasteiger partial charge in [0.25, 0.3) is 5.69 Å². The predicted molar refractivity (Wildman–Crippen MR) is 119 cm³/mol. The Balaban J connectivity index is 1.71. The smallest absolute Gasteiger partial charge is 0.269 e. The van der Waals surface area contributed by atoms with Crippen molar-refractivity contribution in [1.29, 1.82) is 0 Å². The third kappa shape index (κ3) is 5.79. The van der Waals surface area contributed by atoms with E-state index >= 15 is 0 Å². The molecule has 1 aromatic heterocycles. The first-order valence-corrected chi connectivity index (χ1v) is 10.8. The Morgan fingerprint density at radius 2 is 1.70 bits per heavy atom. The number of aromatic nitrogens is 2. The quantitative estimate of drug-likeness (QED) is 0.191. The van der Waals surface area contributed by atoms with Gasteiger partial charge in [-0.25, -0.2) is 4.98 Å². The summed E-state index contributed by atoms with van der Waals surface area (Å²) in [5.41, 5.74) is 3.55. The molecule has 156 valence electrons. The number of ether oxygens (including phenoxy) is 1. The predicted octanol–water partition coefficient (Wildman–Crippen LogP) is 6.33. The van der Waals surface area contributed by atoms with Crippen LogP contribution >= 0.6 is 11.8 Å². The minimum Gasteiger partial charge on any atom is -0.439 e. The summed E-state index contributed by atoms with van der Waals surface area (Å²) in [5.74, 6) is 1.69. The second-order valence-electron chi connectivity index (χ2n) is 7.92. The van der Waals surface area contributed by atoms with E-state index in [9.17, 15) is 10.1 Å². The molecule has 30 heavy (non-hydrogen) atoms. The van der Waals surface area contributed by atoms with Gasteiger partial charge in [-0.15, -0.1) is 0 Å². The number of non-ortho nitro benzene ring substituents is 1. The SMILES string of the molecule is CCc1cc(Oc2ccc([N+](=O)[O-])cc2)nc(SCc2ccc(C(C)(C)C)cc2)n1. The minimum absolute atomic E-state index is 0.0213. The van der Waals surface area contributed by atoms with Crippen LogP contribution in [0.15, 0.2) is 59.8 Å². The summed E-state index contributed by atoms with van der Waals surface area (Å²) in [6, 6.07) is 16.4. The van der Waals surface area contributed by atoms with Crippen LogP contribution in [0.2, 0.25) is 0 Å². The van der Waals surface area contributed by atoms with E-state index in [2.05, 4.69) is 55.0 Å². The maximum absolute atomic E-state index is 10.8. The van der Waals surface area contributed by atoms with Gasteiger partial charge in [0.1, 0.15) is 5.75 Å². The molecule has 0 aliphatic carbocycles. The summed E-state index contributed by atoms with van der Waals surface area (Å²) < 4.78 is 5.81. The summed E-state index contributed by atoms with van der Waals surface area (Å²) in [5, 5.41) is 11.4. The first-order chi connectivity index (χ1) is 14.2. The van der Waals surface area contributed by atoms with E-state index in [4.69, 9.17) is 4.74 Å². The van der Waals surface area contributed by atoms with Crippen LogP contribution in [0.4, 0.5) is 5.69 Å². The standard InChI is InChI=1S/C23H25N3O3S/c1-5-18-14-21(29-20-12-10-19(11-13-20)26(27)28)25-22(24-18)30-15-16-6-8-17(9-7-16)23(2,3)4/h6-14H,5,15H2,1-4H3. The fourth-order valence-electron chi connectivity index (χ4n) is 2.75. The molecule has 0 bridgehead atoms. The zero-order valence-electron chi connectivity index (χ0n) is 17.6. The molecule has 0 amide bonds. The minimum atomic E-state index is -0.438. The maximum Gasteiger partial charge on any atom is 0.269 e. The number of hydrogen-bond donors (Lipinski definition) is 0. The van der Waals surface area contributed by atoms with Crippen LogP contribution in [0.3, 0.4) is 0 Å². The van der Waals surface area contributed by atoms with Gasteiger partial charge in [0.15, 0.2) is 5.16 Å². The summed E-state index contributed by atoms with van der Waals surface area (Å²) in [4.78, 5) is 19.4. The van der Waals surface area contributed by atoms with Gasteiger partial charge in [-0.3, -0.25) is 10.1 Å². The topological polar surface area (TPSA) is 78.2 Å². The average Bonchev–Trinajstić information content (AvgIpc) is 2.72. The summed E-state index contributed by atoms with van der Waals surface area (Å²) >= 11 is 1.56. The second-order valence-corrected chi connectivity index (χ2v) is 8.86. The summed E-state index contributed by atoms with van der Waals surface area (Å²) in [6.07, 6.45) is 0.757. The van der Waals surface area contributed by atoms with Crippen molar-refractivity contribution in [2.24, 2.45) is 0 Å². The molecule has 0 saturated heterocycles. The second kappa shape index (κ2) is 9.26. The van der Waals surface area contributed by atoms with Crippen LogP contribution in [-0.2, 0) is 17.6 Å². The summed E-state index contributed by atoms with van der Waals surface area (Å²) in [6.45, 7) is 8.63. The van der Waals surface area contributed by atoms with Gasteiger partial charge in [0.05, 0.1) is 4.92 Å². The molecular formula is C23H25N3O3S.